The molecule has 0 spiro atoms. The van der Waals surface area contributed by atoms with Crippen LogP contribution in [0.4, 0.5) is 18.9 Å². The molecule has 3 aromatic rings. The van der Waals surface area contributed by atoms with Crippen molar-refractivity contribution in [1.29, 1.82) is 0 Å². The van der Waals surface area contributed by atoms with Gasteiger partial charge in [-0.3, -0.25) is 9.48 Å². The third-order valence-electron chi connectivity index (χ3n) is 6.62. The first kappa shape index (κ1) is 23.1. The lowest BCUT2D eigenvalue weighted by atomic mass is 9.80. The lowest BCUT2D eigenvalue weighted by Crippen LogP contribution is -2.21. The molecule has 5 nitrogen and oxygen atoms in total. The second kappa shape index (κ2) is 9.08. The fourth-order valence-electron chi connectivity index (χ4n) is 4.56. The molecule has 1 fully saturated rings. The van der Waals surface area contributed by atoms with Crippen molar-refractivity contribution < 1.29 is 22.7 Å². The molecule has 0 saturated heterocycles. The predicted molar refractivity (Wildman–Crippen MR) is 122 cm³/mol. The molecule has 1 aromatic heterocycles. The smallest absolute Gasteiger partial charge is 0.416 e. The number of hydrogen-bond donors (Lipinski definition) is 1. The van der Waals surface area contributed by atoms with Gasteiger partial charge in [-0.1, -0.05) is 13.8 Å². The van der Waals surface area contributed by atoms with Gasteiger partial charge in [0.1, 0.15) is 5.75 Å². The zero-order valence-electron chi connectivity index (χ0n) is 18.9. The van der Waals surface area contributed by atoms with E-state index in [4.69, 9.17) is 9.84 Å². The molecular weight excluding hydrogens is 431 g/mol. The van der Waals surface area contributed by atoms with E-state index in [9.17, 15) is 18.0 Å². The van der Waals surface area contributed by atoms with Crippen LogP contribution in [-0.2, 0) is 6.18 Å². The molecule has 1 N–H and O–H groups in total. The van der Waals surface area contributed by atoms with Crippen LogP contribution < -0.4 is 10.1 Å². The molecule has 0 atom stereocenters. The number of nitrogens with zero attached hydrogens (tertiary/aromatic N) is 2. The van der Waals surface area contributed by atoms with Crippen LogP contribution in [-0.4, -0.2) is 22.8 Å². The molecule has 2 aromatic carbocycles. The van der Waals surface area contributed by atoms with Crippen LogP contribution in [0, 0.1) is 11.8 Å². The maximum absolute atomic E-state index is 12.8. The number of carbonyl (C=O) groups is 1. The fraction of sp³-hybridized carbons (Fsp3) is 0.440. The van der Waals surface area contributed by atoms with Crippen molar-refractivity contribution in [2.24, 2.45) is 11.8 Å². The Morgan fingerprint density at radius 2 is 1.79 bits per heavy atom. The molecule has 1 amide bonds. The number of amides is 1. The fourth-order valence-corrected chi connectivity index (χ4v) is 4.56. The van der Waals surface area contributed by atoms with Gasteiger partial charge in [-0.2, -0.15) is 18.3 Å². The van der Waals surface area contributed by atoms with Crippen LogP contribution >= 0.6 is 0 Å². The Morgan fingerprint density at radius 1 is 1.12 bits per heavy atom. The summed E-state index contributed by atoms with van der Waals surface area (Å²) >= 11 is 0. The maximum Gasteiger partial charge on any atom is 0.416 e. The zero-order chi connectivity index (χ0) is 23.8. The van der Waals surface area contributed by atoms with E-state index in [0.717, 1.165) is 53.9 Å². The quantitative estimate of drug-likeness (QED) is 0.462. The Labute approximate surface area is 190 Å². The van der Waals surface area contributed by atoms with Gasteiger partial charge in [0.15, 0.2) is 0 Å². The average Bonchev–Trinajstić information content (AvgIpc) is 3.21. The summed E-state index contributed by atoms with van der Waals surface area (Å²) in [5, 5.41) is 8.36. The topological polar surface area (TPSA) is 56.1 Å². The van der Waals surface area contributed by atoms with E-state index in [1.165, 1.54) is 20.0 Å². The summed E-state index contributed by atoms with van der Waals surface area (Å²) < 4.78 is 45.8. The number of halogens is 3. The first-order chi connectivity index (χ1) is 15.7. The number of nitrogens with one attached hydrogen (secondary N) is 1. The summed E-state index contributed by atoms with van der Waals surface area (Å²) in [6.45, 7) is 4.56. The maximum atomic E-state index is 12.8. The molecular formula is C25H28F3N3O2. The molecule has 0 radical (unpaired) electrons. The number of fused-ring (bicyclic) bond motifs is 1. The highest BCUT2D eigenvalue weighted by molar-refractivity contribution is 6.06. The normalized spacial score (nSPS) is 19.1. The minimum atomic E-state index is -4.45. The molecule has 4 rings (SSSR count). The second-order valence-corrected chi connectivity index (χ2v) is 9.06. The molecule has 8 heteroatoms. The predicted octanol–water partition coefficient (Wildman–Crippen LogP) is 6.70. The van der Waals surface area contributed by atoms with E-state index in [1.54, 1.807) is 12.1 Å². The number of anilines is 1. The monoisotopic (exact) mass is 459 g/mol. The van der Waals surface area contributed by atoms with E-state index in [1.807, 2.05) is 10.9 Å². The minimum Gasteiger partial charge on any atom is -0.494 e. The molecule has 176 valence electrons. The van der Waals surface area contributed by atoms with Crippen molar-refractivity contribution in [3.05, 3.63) is 53.7 Å². The van der Waals surface area contributed by atoms with E-state index in [2.05, 4.69) is 19.2 Å². The molecule has 1 saturated carbocycles. The van der Waals surface area contributed by atoms with E-state index in [-0.39, 0.29) is 5.56 Å². The van der Waals surface area contributed by atoms with Crippen molar-refractivity contribution in [2.75, 3.05) is 12.4 Å². The highest BCUT2D eigenvalue weighted by Crippen LogP contribution is 2.37. The van der Waals surface area contributed by atoms with E-state index < -0.39 is 17.6 Å². The largest absolute Gasteiger partial charge is 0.494 e. The lowest BCUT2D eigenvalue weighted by molar-refractivity contribution is -0.137. The first-order valence-electron chi connectivity index (χ1n) is 11.2. The number of rotatable bonds is 5. The molecule has 1 heterocycles. The Morgan fingerprint density at radius 3 is 2.36 bits per heavy atom. The first-order valence-corrected chi connectivity index (χ1v) is 11.2. The van der Waals surface area contributed by atoms with Gasteiger partial charge in [0.05, 0.1) is 29.9 Å². The summed E-state index contributed by atoms with van der Waals surface area (Å²) in [4.78, 5) is 12.6. The summed E-state index contributed by atoms with van der Waals surface area (Å²) in [6, 6.07) is 8.03. The Hall–Kier alpha value is -3.03. The van der Waals surface area contributed by atoms with E-state index in [0.29, 0.717) is 23.4 Å². The molecule has 1 aliphatic rings. The van der Waals surface area contributed by atoms with Crippen LogP contribution in [0.15, 0.2) is 42.6 Å². The molecule has 0 unspecified atom stereocenters. The lowest BCUT2D eigenvalue weighted by Gasteiger charge is -2.30. The highest BCUT2D eigenvalue weighted by atomic mass is 19.4. The zero-order valence-corrected chi connectivity index (χ0v) is 18.9. The molecule has 33 heavy (non-hydrogen) atoms. The van der Waals surface area contributed by atoms with Gasteiger partial charge >= 0.3 is 6.18 Å². The van der Waals surface area contributed by atoms with Crippen molar-refractivity contribution in [1.82, 2.24) is 9.78 Å². The standard InChI is InChI=1S/C25H28F3N3O2/c1-15(2)16-6-10-20(11-7-16)31-14-18-12-22(23(33-3)13-21(18)30-31)29-24(32)17-4-8-19(9-5-17)25(26,27)28/h4-5,8-9,12-16,20H,6-7,10-11H2,1-3H3,(H,29,32)/t16-,20-. The van der Waals surface area contributed by atoms with Gasteiger partial charge in [0.2, 0.25) is 0 Å². The Kier molecular flexibility index (Phi) is 6.36. The van der Waals surface area contributed by atoms with Gasteiger partial charge in [0, 0.05) is 23.2 Å². The Balaban J connectivity index is 1.54. The number of alkyl halides is 3. The highest BCUT2D eigenvalue weighted by Gasteiger charge is 2.30. The number of benzene rings is 2. The van der Waals surface area contributed by atoms with Gasteiger partial charge in [0.25, 0.3) is 5.91 Å². The SMILES string of the molecule is COc1cc2nn([C@H]3CC[C@H](C(C)C)CC3)cc2cc1NC(=O)c1ccc(C(F)(F)F)cc1. The van der Waals surface area contributed by atoms with Gasteiger partial charge in [-0.25, -0.2) is 0 Å². The van der Waals surface area contributed by atoms with Crippen LogP contribution in [0.25, 0.3) is 10.9 Å². The van der Waals surface area contributed by atoms with Crippen LogP contribution in [0.2, 0.25) is 0 Å². The van der Waals surface area contributed by atoms with Gasteiger partial charge in [-0.05, 0) is 67.9 Å². The summed E-state index contributed by atoms with van der Waals surface area (Å²) in [5.74, 6) is 1.39. The number of hydrogen-bond acceptors (Lipinski definition) is 3. The third-order valence-corrected chi connectivity index (χ3v) is 6.62. The van der Waals surface area contributed by atoms with Crippen LogP contribution in [0.1, 0.15) is 61.5 Å². The van der Waals surface area contributed by atoms with Crippen molar-refractivity contribution in [3.8, 4) is 5.75 Å². The second-order valence-electron chi connectivity index (χ2n) is 9.06. The van der Waals surface area contributed by atoms with Crippen molar-refractivity contribution in [2.45, 2.75) is 51.7 Å². The number of aromatic nitrogens is 2. The molecule has 0 aliphatic heterocycles. The number of methoxy groups -OCH3 is 1. The summed E-state index contributed by atoms with van der Waals surface area (Å²) in [7, 11) is 1.50. The van der Waals surface area contributed by atoms with Crippen LogP contribution in [0.5, 0.6) is 5.75 Å². The summed E-state index contributed by atoms with van der Waals surface area (Å²) in [5.41, 5.74) is 0.541. The molecule has 1 aliphatic carbocycles. The number of ether oxygens (including phenoxy) is 1. The molecule has 0 bridgehead atoms. The van der Waals surface area contributed by atoms with Gasteiger partial charge < -0.3 is 10.1 Å². The average molecular weight is 460 g/mol. The Bertz CT molecular complexity index is 1130. The minimum absolute atomic E-state index is 0.128. The van der Waals surface area contributed by atoms with Gasteiger partial charge in [-0.15, -0.1) is 0 Å². The van der Waals surface area contributed by atoms with Crippen molar-refractivity contribution >= 4 is 22.5 Å². The third kappa shape index (κ3) is 4.99. The van der Waals surface area contributed by atoms with E-state index >= 15 is 0 Å². The van der Waals surface area contributed by atoms with Crippen molar-refractivity contribution in [3.63, 3.8) is 0 Å². The number of carbonyl (C=O) groups excluding carboxylic acids is 1. The van der Waals surface area contributed by atoms with Crippen LogP contribution in [0.3, 0.4) is 0 Å². The summed E-state index contributed by atoms with van der Waals surface area (Å²) in [6.07, 6.45) is 2.10.